The maximum atomic E-state index is 13.6. The molecule has 1 amide bonds. The lowest BCUT2D eigenvalue weighted by molar-refractivity contribution is -0.136. The molecule has 1 aliphatic rings. The van der Waals surface area contributed by atoms with Gasteiger partial charge >= 0.3 is 0 Å². The summed E-state index contributed by atoms with van der Waals surface area (Å²) in [7, 11) is 1.62. The maximum Gasteiger partial charge on any atom is 0.244 e. The SMILES string of the molecule is COc1cn2nccc2cc1NN(C(=O)C1CCc2c(sc3ncncc23)C1)C(C)C. The number of thiophene rings is 1. The molecule has 0 bridgehead atoms. The highest BCUT2D eigenvalue weighted by Gasteiger charge is 2.32. The molecule has 160 valence electrons. The molecule has 0 fully saturated rings. The minimum absolute atomic E-state index is 0.0204. The van der Waals surface area contributed by atoms with E-state index in [-0.39, 0.29) is 17.9 Å². The molecule has 1 atom stereocenters. The molecule has 0 saturated carbocycles. The molecule has 9 heteroatoms. The largest absolute Gasteiger partial charge is 0.493 e. The molecule has 0 aliphatic heterocycles. The highest BCUT2D eigenvalue weighted by molar-refractivity contribution is 7.18. The van der Waals surface area contributed by atoms with Crippen molar-refractivity contribution in [3.63, 3.8) is 0 Å². The van der Waals surface area contributed by atoms with Crippen LogP contribution in [-0.2, 0) is 17.6 Å². The number of nitrogens with zero attached hydrogens (tertiary/aromatic N) is 5. The van der Waals surface area contributed by atoms with Crippen molar-refractivity contribution in [2.75, 3.05) is 12.5 Å². The van der Waals surface area contributed by atoms with Gasteiger partial charge in [-0.05, 0) is 50.8 Å². The maximum absolute atomic E-state index is 13.6. The van der Waals surface area contributed by atoms with Crippen molar-refractivity contribution in [2.24, 2.45) is 5.92 Å². The summed E-state index contributed by atoms with van der Waals surface area (Å²) >= 11 is 1.68. The van der Waals surface area contributed by atoms with Crippen LogP contribution >= 0.6 is 11.3 Å². The van der Waals surface area contributed by atoms with Crippen molar-refractivity contribution < 1.29 is 9.53 Å². The zero-order valence-corrected chi connectivity index (χ0v) is 18.5. The van der Waals surface area contributed by atoms with Gasteiger partial charge in [0.1, 0.15) is 16.8 Å². The lowest BCUT2D eigenvalue weighted by Crippen LogP contribution is -2.46. The number of pyridine rings is 1. The van der Waals surface area contributed by atoms with E-state index in [1.807, 2.05) is 38.4 Å². The number of rotatable bonds is 5. The topological polar surface area (TPSA) is 84.7 Å². The van der Waals surface area contributed by atoms with E-state index in [4.69, 9.17) is 4.74 Å². The van der Waals surface area contributed by atoms with Crippen molar-refractivity contribution in [3.8, 4) is 5.75 Å². The van der Waals surface area contributed by atoms with Crippen molar-refractivity contribution in [2.45, 2.75) is 39.2 Å². The molecular formula is C22H24N6O2S. The van der Waals surface area contributed by atoms with Crippen LogP contribution in [0.15, 0.2) is 37.1 Å². The molecule has 4 heterocycles. The van der Waals surface area contributed by atoms with Gasteiger partial charge in [-0.1, -0.05) is 0 Å². The molecule has 4 aromatic rings. The third kappa shape index (κ3) is 3.48. The van der Waals surface area contributed by atoms with E-state index >= 15 is 0 Å². The van der Waals surface area contributed by atoms with Crippen molar-refractivity contribution in [1.82, 2.24) is 24.6 Å². The minimum Gasteiger partial charge on any atom is -0.493 e. The highest BCUT2D eigenvalue weighted by Crippen LogP contribution is 2.37. The van der Waals surface area contributed by atoms with Crippen molar-refractivity contribution >= 4 is 38.7 Å². The number of fused-ring (bicyclic) bond motifs is 4. The summed E-state index contributed by atoms with van der Waals surface area (Å²) in [6.07, 6.45) is 9.44. The molecular weight excluding hydrogens is 412 g/mol. The Kier molecular flexibility index (Phi) is 4.97. The van der Waals surface area contributed by atoms with Crippen LogP contribution in [0.4, 0.5) is 5.69 Å². The van der Waals surface area contributed by atoms with Gasteiger partial charge in [0.15, 0.2) is 5.75 Å². The number of hydrogen-bond acceptors (Lipinski definition) is 7. The molecule has 31 heavy (non-hydrogen) atoms. The Hall–Kier alpha value is -3.20. The summed E-state index contributed by atoms with van der Waals surface area (Å²) in [6, 6.07) is 3.84. The Bertz CT molecular complexity index is 1260. The molecule has 5 rings (SSSR count). The Morgan fingerprint density at radius 1 is 1.42 bits per heavy atom. The van der Waals surface area contributed by atoms with Gasteiger partial charge in [-0.15, -0.1) is 11.3 Å². The molecule has 1 unspecified atom stereocenters. The molecule has 4 aromatic heterocycles. The van der Waals surface area contributed by atoms with Gasteiger partial charge in [-0.2, -0.15) is 5.10 Å². The van der Waals surface area contributed by atoms with Crippen LogP contribution in [0, 0.1) is 5.92 Å². The zero-order valence-electron chi connectivity index (χ0n) is 17.7. The summed E-state index contributed by atoms with van der Waals surface area (Å²) < 4.78 is 7.28. The first-order valence-corrected chi connectivity index (χ1v) is 11.2. The Morgan fingerprint density at radius 3 is 3.10 bits per heavy atom. The quantitative estimate of drug-likeness (QED) is 0.480. The number of carbonyl (C=O) groups is 1. The number of carbonyl (C=O) groups excluding carboxylic acids is 1. The van der Waals surface area contributed by atoms with E-state index in [0.717, 1.165) is 40.7 Å². The van der Waals surface area contributed by atoms with Gasteiger partial charge in [0.25, 0.3) is 0 Å². The van der Waals surface area contributed by atoms with E-state index in [2.05, 4.69) is 20.5 Å². The van der Waals surface area contributed by atoms with E-state index in [0.29, 0.717) is 5.75 Å². The first-order valence-electron chi connectivity index (χ1n) is 10.4. The average molecular weight is 437 g/mol. The predicted octanol–water partition coefficient (Wildman–Crippen LogP) is 3.72. The number of nitrogens with one attached hydrogen (secondary N) is 1. The van der Waals surface area contributed by atoms with Crippen LogP contribution in [0.3, 0.4) is 0 Å². The van der Waals surface area contributed by atoms with Gasteiger partial charge in [-0.3, -0.25) is 15.2 Å². The fourth-order valence-corrected chi connectivity index (χ4v) is 5.43. The van der Waals surface area contributed by atoms with Gasteiger partial charge in [0, 0.05) is 34.6 Å². The Morgan fingerprint density at radius 2 is 2.29 bits per heavy atom. The average Bonchev–Trinajstić information content (AvgIpc) is 3.39. The number of ether oxygens (including phenoxy) is 1. The Labute approximate surface area is 183 Å². The third-order valence-electron chi connectivity index (χ3n) is 5.79. The summed E-state index contributed by atoms with van der Waals surface area (Å²) in [4.78, 5) is 24.4. The lowest BCUT2D eigenvalue weighted by Gasteiger charge is -2.33. The smallest absolute Gasteiger partial charge is 0.244 e. The molecule has 0 radical (unpaired) electrons. The molecule has 0 saturated heterocycles. The van der Waals surface area contributed by atoms with Crippen molar-refractivity contribution in [3.05, 3.63) is 47.5 Å². The molecule has 1 N–H and O–H groups in total. The third-order valence-corrected chi connectivity index (χ3v) is 6.97. The lowest BCUT2D eigenvalue weighted by atomic mass is 9.87. The summed E-state index contributed by atoms with van der Waals surface area (Å²) in [5.74, 6) is 0.649. The molecule has 1 aliphatic carbocycles. The molecule has 8 nitrogen and oxygen atoms in total. The fraction of sp³-hybridized carbons (Fsp3) is 0.364. The second kappa shape index (κ2) is 7.81. The number of anilines is 1. The normalized spacial score (nSPS) is 15.9. The minimum atomic E-state index is -0.0758. The summed E-state index contributed by atoms with van der Waals surface area (Å²) in [6.45, 7) is 4.02. The Balaban J connectivity index is 1.41. The van der Waals surface area contributed by atoms with Crippen LogP contribution in [0.5, 0.6) is 5.75 Å². The number of methoxy groups -OCH3 is 1. The number of aromatic nitrogens is 4. The van der Waals surface area contributed by atoms with Crippen molar-refractivity contribution in [1.29, 1.82) is 0 Å². The standard InChI is InChI=1S/C22H24N6O2S/c1-13(2)28(26-18-9-15-6-7-25-27(15)11-19(18)30-3)22(29)14-4-5-16-17-10-23-12-24-21(17)31-20(16)8-14/h6-7,9-14,26H,4-5,8H2,1-3H3. The second-order valence-electron chi connectivity index (χ2n) is 8.06. The van der Waals surface area contributed by atoms with Gasteiger partial charge in [0.2, 0.25) is 5.91 Å². The predicted molar refractivity (Wildman–Crippen MR) is 120 cm³/mol. The number of aryl methyl sites for hydroxylation is 1. The van der Waals surface area contributed by atoms with Gasteiger partial charge in [0.05, 0.1) is 18.8 Å². The van der Waals surface area contributed by atoms with E-state index in [1.165, 1.54) is 10.4 Å². The zero-order chi connectivity index (χ0) is 21.5. The van der Waals surface area contributed by atoms with Crippen LogP contribution < -0.4 is 10.2 Å². The summed E-state index contributed by atoms with van der Waals surface area (Å²) in [5.41, 5.74) is 6.30. The monoisotopic (exact) mass is 436 g/mol. The number of amides is 1. The van der Waals surface area contributed by atoms with E-state index in [1.54, 1.807) is 40.5 Å². The number of hydrogen-bond donors (Lipinski definition) is 1. The first-order chi connectivity index (χ1) is 15.0. The van der Waals surface area contributed by atoms with E-state index < -0.39 is 0 Å². The summed E-state index contributed by atoms with van der Waals surface area (Å²) in [5, 5.41) is 7.11. The van der Waals surface area contributed by atoms with E-state index in [9.17, 15) is 4.79 Å². The van der Waals surface area contributed by atoms with Crippen LogP contribution in [0.25, 0.3) is 15.7 Å². The molecule has 0 aromatic carbocycles. The van der Waals surface area contributed by atoms with Gasteiger partial charge < -0.3 is 4.74 Å². The first kappa shape index (κ1) is 19.7. The fourth-order valence-electron chi connectivity index (χ4n) is 4.19. The van der Waals surface area contributed by atoms with Crippen LogP contribution in [0.2, 0.25) is 0 Å². The highest BCUT2D eigenvalue weighted by atomic mass is 32.1. The van der Waals surface area contributed by atoms with Gasteiger partial charge in [-0.25, -0.2) is 14.5 Å². The second-order valence-corrected chi connectivity index (χ2v) is 9.14. The number of hydrazine groups is 1. The molecule has 0 spiro atoms. The van der Waals surface area contributed by atoms with Crippen LogP contribution in [-0.4, -0.2) is 43.6 Å². The van der Waals surface area contributed by atoms with Crippen LogP contribution in [0.1, 0.15) is 30.7 Å².